The van der Waals surface area contributed by atoms with E-state index in [1.807, 2.05) is 29.7 Å². The van der Waals surface area contributed by atoms with E-state index in [0.29, 0.717) is 6.61 Å². The summed E-state index contributed by atoms with van der Waals surface area (Å²) in [5.41, 5.74) is 3.42. The first-order chi connectivity index (χ1) is 11.8. The minimum absolute atomic E-state index is 0.693. The van der Waals surface area contributed by atoms with Gasteiger partial charge in [0.05, 0.1) is 6.61 Å². The van der Waals surface area contributed by atoms with E-state index >= 15 is 0 Å². The molecule has 0 aliphatic carbocycles. The number of nitrogens with zero attached hydrogens (tertiary/aromatic N) is 5. The summed E-state index contributed by atoms with van der Waals surface area (Å²) in [6.07, 6.45) is 8.60. The van der Waals surface area contributed by atoms with Crippen LogP contribution in [0.15, 0.2) is 49.1 Å². The van der Waals surface area contributed by atoms with Gasteiger partial charge in [-0.15, -0.1) is 10.2 Å². The molecule has 0 radical (unpaired) electrons. The smallest absolute Gasteiger partial charge is 0.203 e. The third-order valence-electron chi connectivity index (χ3n) is 4.24. The monoisotopic (exact) mass is 321 g/mol. The van der Waals surface area contributed by atoms with Crippen molar-refractivity contribution in [3.05, 3.63) is 54.6 Å². The minimum Gasteiger partial charge on any atom is -0.494 e. The van der Waals surface area contributed by atoms with Crippen LogP contribution in [0.25, 0.3) is 11.2 Å². The van der Waals surface area contributed by atoms with Gasteiger partial charge < -0.3 is 9.64 Å². The fraction of sp³-hybridized carbons (Fsp3) is 0.278. The fourth-order valence-electron chi connectivity index (χ4n) is 3.02. The standard InChI is InChI=1S/C18H19N5O/c1-2-24-16-5-3-14(4-6-16)15-7-10-22(11-8-15)17-18-21-20-13-23(18)12-9-19-17/h3-7,9,12-13H,2,8,10-11H2,1H3. The maximum atomic E-state index is 5.51. The molecule has 0 N–H and O–H groups in total. The van der Waals surface area contributed by atoms with Gasteiger partial charge in [0.2, 0.25) is 5.65 Å². The van der Waals surface area contributed by atoms with Crippen molar-refractivity contribution in [1.29, 1.82) is 0 Å². The van der Waals surface area contributed by atoms with Crippen molar-refractivity contribution in [2.45, 2.75) is 13.3 Å². The molecular formula is C18H19N5O. The van der Waals surface area contributed by atoms with E-state index in [9.17, 15) is 0 Å². The molecule has 1 aliphatic heterocycles. The Balaban J connectivity index is 1.53. The average Bonchev–Trinajstić information content (AvgIpc) is 3.12. The Bertz CT molecular complexity index is 869. The second-order valence-electron chi connectivity index (χ2n) is 5.70. The van der Waals surface area contributed by atoms with Crippen LogP contribution in [0.4, 0.5) is 5.82 Å². The van der Waals surface area contributed by atoms with Crippen LogP contribution in [0.2, 0.25) is 0 Å². The first kappa shape index (κ1) is 14.7. The van der Waals surface area contributed by atoms with Crippen molar-refractivity contribution in [3.8, 4) is 5.75 Å². The third kappa shape index (κ3) is 2.71. The SMILES string of the molecule is CCOc1ccc(C2=CCN(c3nccn4cnnc34)CC2)cc1. The van der Waals surface area contributed by atoms with Crippen molar-refractivity contribution < 1.29 is 4.74 Å². The maximum Gasteiger partial charge on any atom is 0.203 e. The molecule has 0 bridgehead atoms. The summed E-state index contributed by atoms with van der Waals surface area (Å²) in [5.74, 6) is 1.80. The van der Waals surface area contributed by atoms with E-state index in [4.69, 9.17) is 4.74 Å². The highest BCUT2D eigenvalue weighted by Gasteiger charge is 2.17. The molecule has 4 rings (SSSR count). The van der Waals surface area contributed by atoms with Crippen LogP contribution in [-0.4, -0.2) is 39.3 Å². The Labute approximate surface area is 140 Å². The number of anilines is 1. The lowest BCUT2D eigenvalue weighted by molar-refractivity contribution is 0.340. The Kier molecular flexibility index (Phi) is 3.86. The van der Waals surface area contributed by atoms with Gasteiger partial charge in [0.1, 0.15) is 12.1 Å². The average molecular weight is 321 g/mol. The Morgan fingerprint density at radius 2 is 2.08 bits per heavy atom. The van der Waals surface area contributed by atoms with Crippen molar-refractivity contribution >= 4 is 17.0 Å². The molecule has 1 aliphatic rings. The normalized spacial score (nSPS) is 14.7. The van der Waals surface area contributed by atoms with E-state index in [-0.39, 0.29) is 0 Å². The second kappa shape index (κ2) is 6.31. The molecule has 3 aromatic rings. The molecule has 122 valence electrons. The molecule has 6 nitrogen and oxygen atoms in total. The van der Waals surface area contributed by atoms with E-state index in [0.717, 1.165) is 36.7 Å². The fourth-order valence-corrected chi connectivity index (χ4v) is 3.02. The van der Waals surface area contributed by atoms with Gasteiger partial charge >= 0.3 is 0 Å². The van der Waals surface area contributed by atoms with Crippen molar-refractivity contribution in [1.82, 2.24) is 19.6 Å². The summed E-state index contributed by atoms with van der Waals surface area (Å²) in [7, 11) is 0. The van der Waals surface area contributed by atoms with Gasteiger partial charge in [0.25, 0.3) is 0 Å². The Morgan fingerprint density at radius 1 is 1.21 bits per heavy atom. The molecule has 0 unspecified atom stereocenters. The number of fused-ring (bicyclic) bond motifs is 1. The predicted octanol–water partition coefficient (Wildman–Crippen LogP) is 2.82. The summed E-state index contributed by atoms with van der Waals surface area (Å²) in [6, 6.07) is 8.32. The van der Waals surface area contributed by atoms with E-state index in [1.54, 1.807) is 12.5 Å². The summed E-state index contributed by atoms with van der Waals surface area (Å²) >= 11 is 0. The van der Waals surface area contributed by atoms with Gasteiger partial charge in [0.15, 0.2) is 5.82 Å². The van der Waals surface area contributed by atoms with Gasteiger partial charge in [-0.25, -0.2) is 4.98 Å². The van der Waals surface area contributed by atoms with Gasteiger partial charge in [-0.05, 0) is 36.6 Å². The van der Waals surface area contributed by atoms with Crippen LogP contribution in [-0.2, 0) is 0 Å². The Morgan fingerprint density at radius 3 is 2.83 bits per heavy atom. The lowest BCUT2D eigenvalue weighted by atomic mass is 9.99. The van der Waals surface area contributed by atoms with Crippen molar-refractivity contribution in [2.24, 2.45) is 0 Å². The second-order valence-corrected chi connectivity index (χ2v) is 5.70. The molecule has 2 aromatic heterocycles. The lowest BCUT2D eigenvalue weighted by Crippen LogP contribution is -2.29. The number of rotatable bonds is 4. The van der Waals surface area contributed by atoms with Gasteiger partial charge in [-0.3, -0.25) is 4.40 Å². The molecule has 0 saturated carbocycles. The van der Waals surface area contributed by atoms with Crippen LogP contribution >= 0.6 is 0 Å². The highest BCUT2D eigenvalue weighted by Crippen LogP contribution is 2.27. The van der Waals surface area contributed by atoms with E-state index in [1.165, 1.54) is 11.1 Å². The first-order valence-electron chi connectivity index (χ1n) is 8.16. The molecule has 0 atom stereocenters. The lowest BCUT2D eigenvalue weighted by Gasteiger charge is -2.27. The van der Waals surface area contributed by atoms with Gasteiger partial charge in [-0.1, -0.05) is 18.2 Å². The molecule has 0 fully saturated rings. The van der Waals surface area contributed by atoms with Crippen molar-refractivity contribution in [2.75, 3.05) is 24.6 Å². The zero-order valence-electron chi connectivity index (χ0n) is 13.6. The van der Waals surface area contributed by atoms with Crippen LogP contribution in [0.5, 0.6) is 5.75 Å². The number of benzene rings is 1. The van der Waals surface area contributed by atoms with Crippen molar-refractivity contribution in [3.63, 3.8) is 0 Å². The molecule has 6 heteroatoms. The number of hydrogen-bond donors (Lipinski definition) is 0. The number of aromatic nitrogens is 4. The third-order valence-corrected chi connectivity index (χ3v) is 4.24. The highest BCUT2D eigenvalue weighted by molar-refractivity contribution is 5.71. The number of ether oxygens (including phenoxy) is 1. The topological polar surface area (TPSA) is 55.5 Å². The molecule has 0 saturated heterocycles. The van der Waals surface area contributed by atoms with Gasteiger partial charge in [0, 0.05) is 25.5 Å². The maximum absolute atomic E-state index is 5.51. The van der Waals surface area contributed by atoms with Crippen LogP contribution in [0.1, 0.15) is 18.9 Å². The zero-order chi connectivity index (χ0) is 16.4. The summed E-state index contributed by atoms with van der Waals surface area (Å²) in [4.78, 5) is 6.73. The quantitative estimate of drug-likeness (QED) is 0.739. The molecule has 1 aromatic carbocycles. The Hall–Kier alpha value is -2.89. The van der Waals surface area contributed by atoms with E-state index in [2.05, 4.69) is 38.3 Å². The summed E-state index contributed by atoms with van der Waals surface area (Å²) < 4.78 is 7.40. The highest BCUT2D eigenvalue weighted by atomic mass is 16.5. The summed E-state index contributed by atoms with van der Waals surface area (Å²) in [5, 5.41) is 8.13. The molecular weight excluding hydrogens is 302 g/mol. The number of hydrogen-bond acceptors (Lipinski definition) is 5. The first-order valence-corrected chi connectivity index (χ1v) is 8.16. The molecule has 24 heavy (non-hydrogen) atoms. The molecule has 3 heterocycles. The van der Waals surface area contributed by atoms with Crippen LogP contribution < -0.4 is 9.64 Å². The predicted molar refractivity (Wildman–Crippen MR) is 93.2 cm³/mol. The van der Waals surface area contributed by atoms with Gasteiger partial charge in [-0.2, -0.15) is 0 Å². The van der Waals surface area contributed by atoms with Crippen LogP contribution in [0.3, 0.4) is 0 Å². The van der Waals surface area contributed by atoms with E-state index < -0.39 is 0 Å². The summed E-state index contributed by atoms with van der Waals surface area (Å²) in [6.45, 7) is 4.43. The zero-order valence-corrected chi connectivity index (χ0v) is 13.6. The minimum atomic E-state index is 0.693. The molecule has 0 spiro atoms. The largest absolute Gasteiger partial charge is 0.494 e. The van der Waals surface area contributed by atoms with Crippen LogP contribution in [0, 0.1) is 0 Å². The molecule has 0 amide bonds.